The molecule has 0 aliphatic rings. The molecule has 0 bridgehead atoms. The monoisotopic (exact) mass is 289 g/mol. The van der Waals surface area contributed by atoms with Crippen molar-refractivity contribution in [1.82, 2.24) is 0 Å². The van der Waals surface area contributed by atoms with Gasteiger partial charge in [0, 0.05) is 11.8 Å². The number of benzene rings is 2. The van der Waals surface area contributed by atoms with Gasteiger partial charge in [-0.15, -0.1) is 0 Å². The van der Waals surface area contributed by atoms with Crippen molar-refractivity contribution < 1.29 is 19.7 Å². The van der Waals surface area contributed by atoms with Crippen molar-refractivity contribution in [2.75, 3.05) is 19.5 Å². The Morgan fingerprint density at radius 1 is 0.952 bits per heavy atom. The van der Waals surface area contributed by atoms with E-state index in [1.165, 1.54) is 0 Å². The van der Waals surface area contributed by atoms with Crippen LogP contribution in [0, 0.1) is 0 Å². The first-order valence-electron chi connectivity index (χ1n) is 6.56. The van der Waals surface area contributed by atoms with Crippen LogP contribution in [0.1, 0.15) is 18.5 Å². The van der Waals surface area contributed by atoms with Crippen LogP contribution >= 0.6 is 0 Å². The van der Waals surface area contributed by atoms with Gasteiger partial charge >= 0.3 is 0 Å². The Morgan fingerprint density at radius 3 is 2.14 bits per heavy atom. The molecule has 0 saturated carbocycles. The second-order valence-corrected chi connectivity index (χ2v) is 4.65. The molecule has 0 fully saturated rings. The molecule has 2 aromatic carbocycles. The molecule has 0 radical (unpaired) electrons. The highest BCUT2D eigenvalue weighted by molar-refractivity contribution is 5.57. The number of phenolic OH excluding ortho intramolecular Hbond substituents is 2. The number of anilines is 1. The van der Waals surface area contributed by atoms with Gasteiger partial charge in [-0.25, -0.2) is 0 Å². The fraction of sp³-hybridized carbons (Fsp3) is 0.250. The molecule has 21 heavy (non-hydrogen) atoms. The first-order valence-corrected chi connectivity index (χ1v) is 6.56. The van der Waals surface area contributed by atoms with E-state index in [1.54, 1.807) is 44.6 Å². The summed E-state index contributed by atoms with van der Waals surface area (Å²) in [5, 5.41) is 23.0. The van der Waals surface area contributed by atoms with Crippen LogP contribution in [-0.4, -0.2) is 24.4 Å². The molecule has 5 heteroatoms. The zero-order chi connectivity index (χ0) is 15.4. The molecule has 0 amide bonds. The fourth-order valence-corrected chi connectivity index (χ4v) is 2.23. The van der Waals surface area contributed by atoms with Crippen LogP contribution in [0.2, 0.25) is 0 Å². The van der Waals surface area contributed by atoms with Crippen molar-refractivity contribution >= 4 is 5.69 Å². The standard InChI is InChI=1S/C16H19NO4/c1-10(16-12(18)5-4-6-13(16)19)17-11-7-8-14(20-2)15(9-11)21-3/h4-10,17-19H,1-3H3. The quantitative estimate of drug-likeness (QED) is 0.788. The number of rotatable bonds is 5. The highest BCUT2D eigenvalue weighted by Gasteiger charge is 2.15. The van der Waals surface area contributed by atoms with Crippen LogP contribution in [0.15, 0.2) is 36.4 Å². The molecule has 112 valence electrons. The molecular formula is C16H19NO4. The van der Waals surface area contributed by atoms with E-state index in [9.17, 15) is 10.2 Å². The molecule has 0 spiro atoms. The Labute approximate surface area is 123 Å². The molecule has 2 aromatic rings. The van der Waals surface area contributed by atoms with E-state index in [-0.39, 0.29) is 17.5 Å². The minimum absolute atomic E-state index is 0.0514. The molecule has 0 aliphatic carbocycles. The molecule has 2 rings (SSSR count). The van der Waals surface area contributed by atoms with Gasteiger partial charge in [-0.3, -0.25) is 0 Å². The summed E-state index contributed by atoms with van der Waals surface area (Å²) < 4.78 is 10.4. The van der Waals surface area contributed by atoms with Crippen LogP contribution in [-0.2, 0) is 0 Å². The number of nitrogens with one attached hydrogen (secondary N) is 1. The van der Waals surface area contributed by atoms with Crippen LogP contribution in [0.3, 0.4) is 0 Å². The second-order valence-electron chi connectivity index (χ2n) is 4.65. The van der Waals surface area contributed by atoms with Gasteiger partial charge in [-0.2, -0.15) is 0 Å². The number of ether oxygens (including phenoxy) is 2. The third-order valence-electron chi connectivity index (χ3n) is 3.26. The maximum absolute atomic E-state index is 9.88. The Bertz CT molecular complexity index is 607. The molecule has 0 saturated heterocycles. The van der Waals surface area contributed by atoms with Crippen molar-refractivity contribution in [2.45, 2.75) is 13.0 Å². The normalized spacial score (nSPS) is 11.8. The topological polar surface area (TPSA) is 71.0 Å². The average molecular weight is 289 g/mol. The molecule has 0 aromatic heterocycles. The number of hydrogen-bond acceptors (Lipinski definition) is 5. The minimum Gasteiger partial charge on any atom is -0.507 e. The number of methoxy groups -OCH3 is 2. The van der Waals surface area contributed by atoms with E-state index < -0.39 is 0 Å². The average Bonchev–Trinajstić information content (AvgIpc) is 2.46. The van der Waals surface area contributed by atoms with Gasteiger partial charge in [0.05, 0.1) is 25.8 Å². The van der Waals surface area contributed by atoms with Crippen LogP contribution in [0.4, 0.5) is 5.69 Å². The zero-order valence-electron chi connectivity index (χ0n) is 12.3. The van der Waals surface area contributed by atoms with Crippen molar-refractivity contribution in [3.63, 3.8) is 0 Å². The van der Waals surface area contributed by atoms with E-state index in [4.69, 9.17) is 9.47 Å². The van der Waals surface area contributed by atoms with E-state index in [0.717, 1.165) is 5.69 Å². The van der Waals surface area contributed by atoms with Gasteiger partial charge in [-0.1, -0.05) is 6.07 Å². The molecule has 5 nitrogen and oxygen atoms in total. The van der Waals surface area contributed by atoms with Gasteiger partial charge in [0.25, 0.3) is 0 Å². The highest BCUT2D eigenvalue weighted by atomic mass is 16.5. The molecule has 0 aliphatic heterocycles. The lowest BCUT2D eigenvalue weighted by atomic mass is 10.1. The number of aromatic hydroxyl groups is 2. The van der Waals surface area contributed by atoms with Gasteiger partial charge in [0.2, 0.25) is 0 Å². The van der Waals surface area contributed by atoms with Crippen molar-refractivity contribution in [1.29, 1.82) is 0 Å². The molecule has 1 atom stereocenters. The van der Waals surface area contributed by atoms with Crippen LogP contribution < -0.4 is 14.8 Å². The summed E-state index contributed by atoms with van der Waals surface area (Å²) in [5.74, 6) is 1.35. The molecule has 0 heterocycles. The lowest BCUT2D eigenvalue weighted by Crippen LogP contribution is -2.07. The van der Waals surface area contributed by atoms with Crippen molar-refractivity contribution in [3.8, 4) is 23.0 Å². The summed E-state index contributed by atoms with van der Waals surface area (Å²) in [7, 11) is 3.15. The summed E-state index contributed by atoms with van der Waals surface area (Å²) in [5.41, 5.74) is 1.25. The predicted octanol–water partition coefficient (Wildman–Crippen LogP) is 3.29. The third-order valence-corrected chi connectivity index (χ3v) is 3.26. The second kappa shape index (κ2) is 6.26. The van der Waals surface area contributed by atoms with Gasteiger partial charge in [-0.05, 0) is 31.2 Å². The Morgan fingerprint density at radius 2 is 1.57 bits per heavy atom. The Kier molecular flexibility index (Phi) is 4.42. The maximum Gasteiger partial charge on any atom is 0.162 e. The zero-order valence-corrected chi connectivity index (χ0v) is 12.3. The Balaban J connectivity index is 2.25. The first-order chi connectivity index (χ1) is 10.1. The molecule has 3 N–H and O–H groups in total. The van der Waals surface area contributed by atoms with E-state index in [0.29, 0.717) is 17.1 Å². The highest BCUT2D eigenvalue weighted by Crippen LogP contribution is 2.36. The van der Waals surface area contributed by atoms with E-state index in [2.05, 4.69) is 5.32 Å². The molecule has 1 unspecified atom stereocenters. The minimum atomic E-state index is -0.274. The predicted molar refractivity (Wildman–Crippen MR) is 81.4 cm³/mol. The summed E-state index contributed by atoms with van der Waals surface area (Å²) in [6.07, 6.45) is 0. The largest absolute Gasteiger partial charge is 0.507 e. The van der Waals surface area contributed by atoms with Crippen LogP contribution in [0.5, 0.6) is 23.0 Å². The third kappa shape index (κ3) is 3.13. The SMILES string of the molecule is COc1ccc(NC(C)c2c(O)cccc2O)cc1OC. The van der Waals surface area contributed by atoms with Crippen molar-refractivity contribution in [2.24, 2.45) is 0 Å². The summed E-state index contributed by atoms with van der Waals surface area (Å²) in [4.78, 5) is 0. The van der Waals surface area contributed by atoms with Crippen molar-refractivity contribution in [3.05, 3.63) is 42.0 Å². The van der Waals surface area contributed by atoms with Gasteiger partial charge < -0.3 is 25.0 Å². The smallest absolute Gasteiger partial charge is 0.162 e. The summed E-state index contributed by atoms with van der Waals surface area (Å²) in [6, 6.07) is 9.84. The lowest BCUT2D eigenvalue weighted by Gasteiger charge is -2.19. The fourth-order valence-electron chi connectivity index (χ4n) is 2.23. The summed E-state index contributed by atoms with van der Waals surface area (Å²) in [6.45, 7) is 1.85. The van der Waals surface area contributed by atoms with E-state index >= 15 is 0 Å². The van der Waals surface area contributed by atoms with Gasteiger partial charge in [0.15, 0.2) is 11.5 Å². The number of phenols is 2. The molecular weight excluding hydrogens is 270 g/mol. The summed E-state index contributed by atoms with van der Waals surface area (Å²) >= 11 is 0. The first kappa shape index (κ1) is 14.8. The number of hydrogen-bond donors (Lipinski definition) is 3. The Hall–Kier alpha value is -2.56. The van der Waals surface area contributed by atoms with E-state index in [1.807, 2.05) is 13.0 Å². The van der Waals surface area contributed by atoms with Gasteiger partial charge in [0.1, 0.15) is 11.5 Å². The lowest BCUT2D eigenvalue weighted by molar-refractivity contribution is 0.355. The maximum atomic E-state index is 9.88. The van der Waals surface area contributed by atoms with Crippen LogP contribution in [0.25, 0.3) is 0 Å².